The molecule has 2 aromatic rings. The van der Waals surface area contributed by atoms with Crippen LogP contribution in [0.2, 0.25) is 5.02 Å². The molecular weight excluding hydrogens is 242 g/mol. The van der Waals surface area contributed by atoms with Crippen LogP contribution < -0.4 is 4.74 Å². The molecule has 0 spiro atoms. The van der Waals surface area contributed by atoms with E-state index >= 15 is 0 Å². The van der Waals surface area contributed by atoms with Gasteiger partial charge in [0.15, 0.2) is 0 Å². The van der Waals surface area contributed by atoms with Crippen molar-refractivity contribution < 1.29 is 9.66 Å². The first kappa shape index (κ1) is 11.4. The molecule has 0 N–H and O–H groups in total. The van der Waals surface area contributed by atoms with Gasteiger partial charge in [0.05, 0.1) is 4.92 Å². The van der Waals surface area contributed by atoms with Crippen LogP contribution in [0.5, 0.6) is 11.5 Å². The summed E-state index contributed by atoms with van der Waals surface area (Å²) in [5.74, 6) is 0.712. The number of rotatable bonds is 3. The molecule has 0 unspecified atom stereocenters. The van der Waals surface area contributed by atoms with Crippen LogP contribution in [0, 0.1) is 10.1 Å². The molecule has 0 aliphatic carbocycles. The SMILES string of the molecule is O=[N+]([O-])c1ccccc1Oc1ccc(Cl)cc1. The lowest BCUT2D eigenvalue weighted by Gasteiger charge is -2.05. The fourth-order valence-corrected chi connectivity index (χ4v) is 1.45. The van der Waals surface area contributed by atoms with E-state index in [0.29, 0.717) is 10.8 Å². The summed E-state index contributed by atoms with van der Waals surface area (Å²) in [6, 6.07) is 12.8. The van der Waals surface area contributed by atoms with Crippen molar-refractivity contribution in [2.24, 2.45) is 0 Å². The van der Waals surface area contributed by atoms with Gasteiger partial charge in [-0.1, -0.05) is 23.7 Å². The molecule has 0 atom stereocenters. The largest absolute Gasteiger partial charge is 0.450 e. The number of nitrogens with zero attached hydrogens (tertiary/aromatic N) is 1. The summed E-state index contributed by atoms with van der Waals surface area (Å²) in [6.45, 7) is 0. The summed E-state index contributed by atoms with van der Waals surface area (Å²) in [6.07, 6.45) is 0. The van der Waals surface area contributed by atoms with Gasteiger partial charge < -0.3 is 4.74 Å². The Morgan fingerprint density at radius 3 is 2.35 bits per heavy atom. The summed E-state index contributed by atoms with van der Waals surface area (Å²) in [7, 11) is 0. The van der Waals surface area contributed by atoms with Crippen LogP contribution in [0.1, 0.15) is 0 Å². The quantitative estimate of drug-likeness (QED) is 0.609. The number of para-hydroxylation sites is 2. The van der Waals surface area contributed by atoms with E-state index in [2.05, 4.69) is 0 Å². The minimum Gasteiger partial charge on any atom is -0.450 e. The highest BCUT2D eigenvalue weighted by molar-refractivity contribution is 6.30. The molecule has 0 aromatic heterocycles. The highest BCUT2D eigenvalue weighted by Crippen LogP contribution is 2.31. The average Bonchev–Trinajstić information content (AvgIpc) is 2.32. The van der Waals surface area contributed by atoms with E-state index in [1.165, 1.54) is 6.07 Å². The van der Waals surface area contributed by atoms with Crippen molar-refractivity contribution in [3.05, 3.63) is 63.7 Å². The topological polar surface area (TPSA) is 52.4 Å². The van der Waals surface area contributed by atoms with Crippen LogP contribution in [0.25, 0.3) is 0 Å². The van der Waals surface area contributed by atoms with Gasteiger partial charge in [0, 0.05) is 11.1 Å². The van der Waals surface area contributed by atoms with E-state index < -0.39 is 4.92 Å². The zero-order valence-corrected chi connectivity index (χ0v) is 9.42. The number of hydrogen-bond acceptors (Lipinski definition) is 3. The third kappa shape index (κ3) is 2.73. The van der Waals surface area contributed by atoms with Gasteiger partial charge in [-0.15, -0.1) is 0 Å². The Bertz CT molecular complexity index is 540. The summed E-state index contributed by atoms with van der Waals surface area (Å²) < 4.78 is 5.43. The molecule has 4 nitrogen and oxygen atoms in total. The predicted molar refractivity (Wildman–Crippen MR) is 64.6 cm³/mol. The first-order valence-electron chi connectivity index (χ1n) is 4.83. The van der Waals surface area contributed by atoms with Crippen molar-refractivity contribution in [2.75, 3.05) is 0 Å². The minimum atomic E-state index is -0.481. The molecule has 0 bridgehead atoms. The Labute approximate surface area is 103 Å². The van der Waals surface area contributed by atoms with E-state index in [9.17, 15) is 10.1 Å². The van der Waals surface area contributed by atoms with E-state index in [1.807, 2.05) is 0 Å². The molecule has 0 radical (unpaired) electrons. The number of nitro groups is 1. The number of nitro benzene ring substituents is 1. The Balaban J connectivity index is 2.30. The van der Waals surface area contributed by atoms with E-state index in [-0.39, 0.29) is 11.4 Å². The van der Waals surface area contributed by atoms with E-state index in [0.717, 1.165) is 0 Å². The van der Waals surface area contributed by atoms with Gasteiger partial charge in [-0.25, -0.2) is 0 Å². The fourth-order valence-electron chi connectivity index (χ4n) is 1.32. The zero-order valence-electron chi connectivity index (χ0n) is 8.67. The second kappa shape index (κ2) is 4.84. The molecule has 0 amide bonds. The van der Waals surface area contributed by atoms with Gasteiger partial charge in [0.2, 0.25) is 5.75 Å². The van der Waals surface area contributed by atoms with Gasteiger partial charge in [-0.2, -0.15) is 0 Å². The first-order valence-corrected chi connectivity index (χ1v) is 5.21. The van der Waals surface area contributed by atoms with Crippen LogP contribution in [-0.2, 0) is 0 Å². The highest BCUT2D eigenvalue weighted by atomic mass is 35.5. The van der Waals surface area contributed by atoms with Crippen molar-refractivity contribution in [3.63, 3.8) is 0 Å². The highest BCUT2D eigenvalue weighted by Gasteiger charge is 2.14. The molecule has 0 aliphatic rings. The minimum absolute atomic E-state index is 0.0672. The standard InChI is InChI=1S/C12H8ClNO3/c13-9-5-7-10(8-6-9)17-12-4-2-1-3-11(12)14(15)16/h1-8H. The van der Waals surface area contributed by atoms with Gasteiger partial charge >= 0.3 is 5.69 Å². The average molecular weight is 250 g/mol. The Morgan fingerprint density at radius 2 is 1.71 bits per heavy atom. The third-order valence-electron chi connectivity index (χ3n) is 2.10. The molecular formula is C12H8ClNO3. The predicted octanol–water partition coefficient (Wildman–Crippen LogP) is 4.04. The smallest absolute Gasteiger partial charge is 0.311 e. The van der Waals surface area contributed by atoms with Gasteiger partial charge in [-0.3, -0.25) is 10.1 Å². The molecule has 5 heteroatoms. The van der Waals surface area contributed by atoms with Crippen LogP contribution in [0.4, 0.5) is 5.69 Å². The van der Waals surface area contributed by atoms with Crippen LogP contribution in [0.15, 0.2) is 48.5 Å². The van der Waals surface area contributed by atoms with E-state index in [1.54, 1.807) is 42.5 Å². The van der Waals surface area contributed by atoms with Crippen molar-refractivity contribution >= 4 is 17.3 Å². The first-order chi connectivity index (χ1) is 8.16. The number of hydrogen-bond donors (Lipinski definition) is 0. The second-order valence-electron chi connectivity index (χ2n) is 3.28. The Morgan fingerprint density at radius 1 is 1.06 bits per heavy atom. The maximum absolute atomic E-state index is 10.8. The molecule has 0 fully saturated rings. The molecule has 0 saturated heterocycles. The molecule has 2 rings (SSSR count). The summed E-state index contributed by atoms with van der Waals surface area (Å²) in [5.41, 5.74) is -0.0672. The fraction of sp³-hybridized carbons (Fsp3) is 0. The number of ether oxygens (including phenoxy) is 1. The normalized spacial score (nSPS) is 9.94. The lowest BCUT2D eigenvalue weighted by atomic mass is 10.3. The van der Waals surface area contributed by atoms with Gasteiger partial charge in [0.25, 0.3) is 0 Å². The van der Waals surface area contributed by atoms with Gasteiger partial charge in [-0.05, 0) is 30.3 Å². The summed E-state index contributed by atoms with van der Waals surface area (Å²) >= 11 is 5.73. The van der Waals surface area contributed by atoms with Crippen LogP contribution >= 0.6 is 11.6 Å². The third-order valence-corrected chi connectivity index (χ3v) is 2.36. The van der Waals surface area contributed by atoms with E-state index in [4.69, 9.17) is 16.3 Å². The lowest BCUT2D eigenvalue weighted by Crippen LogP contribution is -1.92. The lowest BCUT2D eigenvalue weighted by molar-refractivity contribution is -0.385. The van der Waals surface area contributed by atoms with Crippen molar-refractivity contribution in [3.8, 4) is 11.5 Å². The molecule has 0 aliphatic heterocycles. The summed E-state index contributed by atoms with van der Waals surface area (Å²) in [5, 5.41) is 11.4. The van der Waals surface area contributed by atoms with Crippen molar-refractivity contribution in [1.29, 1.82) is 0 Å². The van der Waals surface area contributed by atoms with Gasteiger partial charge in [0.1, 0.15) is 5.75 Å². The van der Waals surface area contributed by atoms with Crippen LogP contribution in [0.3, 0.4) is 0 Å². The Hall–Kier alpha value is -2.07. The Kier molecular flexibility index (Phi) is 3.25. The second-order valence-corrected chi connectivity index (χ2v) is 3.72. The van der Waals surface area contributed by atoms with Crippen molar-refractivity contribution in [2.45, 2.75) is 0 Å². The number of benzene rings is 2. The maximum atomic E-state index is 10.8. The molecule has 2 aromatic carbocycles. The van der Waals surface area contributed by atoms with Crippen molar-refractivity contribution in [1.82, 2.24) is 0 Å². The maximum Gasteiger partial charge on any atom is 0.311 e. The molecule has 0 heterocycles. The summed E-state index contributed by atoms with van der Waals surface area (Å²) in [4.78, 5) is 10.3. The number of halogens is 1. The van der Waals surface area contributed by atoms with Crippen LogP contribution in [-0.4, -0.2) is 4.92 Å². The zero-order chi connectivity index (χ0) is 12.3. The molecule has 0 saturated carbocycles. The molecule has 17 heavy (non-hydrogen) atoms. The molecule has 86 valence electrons. The monoisotopic (exact) mass is 249 g/mol.